The fraction of sp³-hybridized carbons (Fsp3) is 0.647. The molecule has 120 valence electrons. The van der Waals surface area contributed by atoms with Gasteiger partial charge in [0.1, 0.15) is 0 Å². The van der Waals surface area contributed by atoms with Crippen molar-refractivity contribution in [2.24, 2.45) is 11.3 Å². The van der Waals surface area contributed by atoms with Crippen molar-refractivity contribution in [1.82, 2.24) is 9.88 Å². The molecule has 2 aliphatic rings. The van der Waals surface area contributed by atoms with Gasteiger partial charge in [0.15, 0.2) is 0 Å². The normalized spacial score (nSPS) is 30.6. The van der Waals surface area contributed by atoms with Crippen molar-refractivity contribution in [2.45, 2.75) is 51.6 Å². The number of pyridine rings is 1. The summed E-state index contributed by atoms with van der Waals surface area (Å²) in [6, 6.07) is 5.72. The fourth-order valence-electron chi connectivity index (χ4n) is 4.61. The van der Waals surface area contributed by atoms with Crippen LogP contribution in [-0.2, 0) is 0 Å². The molecule has 2 bridgehead atoms. The van der Waals surface area contributed by atoms with Gasteiger partial charge in [-0.3, -0.25) is 4.90 Å². The summed E-state index contributed by atoms with van der Waals surface area (Å²) >= 11 is 0. The van der Waals surface area contributed by atoms with Crippen LogP contribution in [0.15, 0.2) is 24.4 Å². The molecule has 0 saturated carbocycles. The lowest BCUT2D eigenvalue weighted by atomic mass is 9.63. The summed E-state index contributed by atoms with van der Waals surface area (Å²) in [5.41, 5.74) is -0.451. The molecule has 1 amide bonds. The summed E-state index contributed by atoms with van der Waals surface area (Å²) < 4.78 is 5.86. The van der Waals surface area contributed by atoms with Crippen molar-refractivity contribution in [3.8, 4) is 5.88 Å². The van der Waals surface area contributed by atoms with Gasteiger partial charge < -0.3 is 9.84 Å². The lowest BCUT2D eigenvalue weighted by molar-refractivity contribution is 0.000824. The monoisotopic (exact) mass is 304 g/mol. The Bertz CT molecular complexity index is 555. The number of hydrogen-bond donors (Lipinski definition) is 1. The van der Waals surface area contributed by atoms with Gasteiger partial charge in [-0.1, -0.05) is 26.8 Å². The van der Waals surface area contributed by atoms with Crippen molar-refractivity contribution >= 4 is 6.09 Å². The maximum absolute atomic E-state index is 11.8. The molecule has 1 N–H and O–H groups in total. The number of carbonyl (C=O) groups is 1. The van der Waals surface area contributed by atoms with Crippen molar-refractivity contribution in [1.29, 1.82) is 0 Å². The summed E-state index contributed by atoms with van der Waals surface area (Å²) in [6.45, 7) is 6.95. The topological polar surface area (TPSA) is 62.7 Å². The van der Waals surface area contributed by atoms with E-state index in [9.17, 15) is 9.90 Å². The van der Waals surface area contributed by atoms with Crippen molar-refractivity contribution in [2.75, 3.05) is 6.61 Å². The van der Waals surface area contributed by atoms with E-state index >= 15 is 0 Å². The lowest BCUT2D eigenvalue weighted by Gasteiger charge is -2.48. The molecule has 5 heteroatoms. The van der Waals surface area contributed by atoms with Gasteiger partial charge in [-0.25, -0.2) is 9.78 Å². The molecule has 0 radical (unpaired) electrons. The Morgan fingerprint density at radius 3 is 2.86 bits per heavy atom. The van der Waals surface area contributed by atoms with Crippen LogP contribution in [0.5, 0.6) is 5.88 Å². The minimum atomic E-state index is -0.794. The quantitative estimate of drug-likeness (QED) is 0.929. The van der Waals surface area contributed by atoms with E-state index in [0.717, 1.165) is 19.3 Å². The molecule has 1 aromatic rings. The van der Waals surface area contributed by atoms with Crippen LogP contribution < -0.4 is 4.74 Å². The number of hydrogen-bond acceptors (Lipinski definition) is 3. The predicted octanol–water partition coefficient (Wildman–Crippen LogP) is 3.41. The lowest BCUT2D eigenvalue weighted by Crippen LogP contribution is -2.57. The van der Waals surface area contributed by atoms with Crippen LogP contribution in [0.4, 0.5) is 4.79 Å². The summed E-state index contributed by atoms with van der Waals surface area (Å²) in [6.07, 6.45) is 3.68. The minimum absolute atomic E-state index is 0.116. The van der Waals surface area contributed by atoms with E-state index in [4.69, 9.17) is 4.74 Å². The highest BCUT2D eigenvalue weighted by atomic mass is 16.5. The molecule has 0 spiro atoms. The SMILES string of the molecule is CC(C)(C)C12CCC(CC1COc1ccccn1)N2C(=O)O. The number of amides is 1. The maximum Gasteiger partial charge on any atom is 0.408 e. The first-order chi connectivity index (χ1) is 10.4. The highest BCUT2D eigenvalue weighted by molar-refractivity contribution is 5.68. The smallest absolute Gasteiger partial charge is 0.408 e. The first kappa shape index (κ1) is 15.1. The van der Waals surface area contributed by atoms with Crippen molar-refractivity contribution in [3.63, 3.8) is 0 Å². The zero-order chi connectivity index (χ0) is 16.0. The summed E-state index contributed by atoms with van der Waals surface area (Å²) in [4.78, 5) is 17.7. The fourth-order valence-corrected chi connectivity index (χ4v) is 4.61. The molecule has 1 aromatic heterocycles. The van der Waals surface area contributed by atoms with Gasteiger partial charge in [0.05, 0.1) is 12.1 Å². The second-order valence-electron chi connectivity index (χ2n) is 7.43. The number of nitrogens with zero attached hydrogens (tertiary/aromatic N) is 2. The third-order valence-corrected chi connectivity index (χ3v) is 5.46. The van der Waals surface area contributed by atoms with Gasteiger partial charge in [0.25, 0.3) is 0 Å². The van der Waals surface area contributed by atoms with E-state index in [1.807, 2.05) is 18.2 Å². The number of rotatable bonds is 3. The molecule has 5 nitrogen and oxygen atoms in total. The van der Waals surface area contributed by atoms with Gasteiger partial charge in [0.2, 0.25) is 5.88 Å². The van der Waals surface area contributed by atoms with Gasteiger partial charge >= 0.3 is 6.09 Å². The Labute approximate surface area is 131 Å². The molecule has 3 unspecified atom stereocenters. The zero-order valence-corrected chi connectivity index (χ0v) is 13.5. The van der Waals surface area contributed by atoms with Crippen molar-refractivity contribution in [3.05, 3.63) is 24.4 Å². The number of fused-ring (bicyclic) bond motifs is 2. The molecule has 3 rings (SSSR count). The molecular formula is C17H24N2O3. The van der Waals surface area contributed by atoms with Crippen LogP contribution >= 0.6 is 0 Å². The summed E-state index contributed by atoms with van der Waals surface area (Å²) in [7, 11) is 0. The number of ether oxygens (including phenoxy) is 1. The largest absolute Gasteiger partial charge is 0.477 e. The zero-order valence-electron chi connectivity index (χ0n) is 13.5. The third kappa shape index (κ3) is 2.14. The maximum atomic E-state index is 11.8. The molecule has 0 aromatic carbocycles. The molecule has 2 fully saturated rings. The van der Waals surface area contributed by atoms with Crippen LogP contribution in [0.3, 0.4) is 0 Å². The van der Waals surface area contributed by atoms with E-state index in [1.165, 1.54) is 0 Å². The van der Waals surface area contributed by atoms with Gasteiger partial charge in [-0.15, -0.1) is 0 Å². The summed E-state index contributed by atoms with van der Waals surface area (Å²) in [5.74, 6) is 0.820. The molecule has 2 aliphatic heterocycles. The highest BCUT2D eigenvalue weighted by Gasteiger charge is 2.64. The van der Waals surface area contributed by atoms with E-state index in [0.29, 0.717) is 12.5 Å². The van der Waals surface area contributed by atoms with Crippen LogP contribution in [0.1, 0.15) is 40.0 Å². The first-order valence-corrected chi connectivity index (χ1v) is 7.92. The molecular weight excluding hydrogens is 280 g/mol. The van der Waals surface area contributed by atoms with Crippen molar-refractivity contribution < 1.29 is 14.6 Å². The standard InChI is InChI=1S/C17H24N2O3/c1-16(2,3)17-8-7-13(19(17)15(20)21)10-12(17)11-22-14-6-4-5-9-18-14/h4-6,9,12-13H,7-8,10-11H2,1-3H3,(H,20,21). The van der Waals surface area contributed by atoms with Crippen LogP contribution in [0, 0.1) is 11.3 Å². The second kappa shape index (κ2) is 5.14. The molecule has 2 saturated heterocycles. The highest BCUT2D eigenvalue weighted by Crippen LogP contribution is 2.58. The Balaban J connectivity index is 1.84. The molecule has 3 atom stereocenters. The van der Waals surface area contributed by atoms with E-state index < -0.39 is 6.09 Å². The average Bonchev–Trinajstić information content (AvgIpc) is 3.00. The van der Waals surface area contributed by atoms with Crippen LogP contribution in [0.25, 0.3) is 0 Å². The predicted molar refractivity (Wildman–Crippen MR) is 82.9 cm³/mol. The Morgan fingerprint density at radius 1 is 1.50 bits per heavy atom. The minimum Gasteiger partial charge on any atom is -0.477 e. The Morgan fingerprint density at radius 2 is 2.27 bits per heavy atom. The second-order valence-corrected chi connectivity index (χ2v) is 7.43. The van der Waals surface area contributed by atoms with Crippen LogP contribution in [-0.4, -0.2) is 39.3 Å². The Hall–Kier alpha value is -1.78. The Kier molecular flexibility index (Phi) is 3.54. The van der Waals surface area contributed by atoms with E-state index in [2.05, 4.69) is 25.8 Å². The molecule has 22 heavy (non-hydrogen) atoms. The van der Waals surface area contributed by atoms with E-state index in [1.54, 1.807) is 11.1 Å². The van der Waals surface area contributed by atoms with Crippen LogP contribution in [0.2, 0.25) is 0 Å². The number of aromatic nitrogens is 1. The van der Waals surface area contributed by atoms with Gasteiger partial charge in [0, 0.05) is 24.2 Å². The summed E-state index contributed by atoms with van der Waals surface area (Å²) in [5, 5.41) is 9.70. The third-order valence-electron chi connectivity index (χ3n) is 5.46. The van der Waals surface area contributed by atoms with Gasteiger partial charge in [-0.2, -0.15) is 0 Å². The number of carboxylic acid groups (broad SMARTS) is 1. The first-order valence-electron chi connectivity index (χ1n) is 7.92. The molecule has 0 aliphatic carbocycles. The average molecular weight is 304 g/mol. The molecule has 3 heterocycles. The van der Waals surface area contributed by atoms with Gasteiger partial charge in [-0.05, 0) is 30.7 Å². The van der Waals surface area contributed by atoms with E-state index in [-0.39, 0.29) is 22.9 Å².